The van der Waals surface area contributed by atoms with Crippen LogP contribution in [0, 0.1) is 11.3 Å². The summed E-state index contributed by atoms with van der Waals surface area (Å²) in [6.45, 7) is 1.47. The number of fused-ring (bicyclic) bond motifs is 1. The highest BCUT2D eigenvalue weighted by molar-refractivity contribution is 7.93. The van der Waals surface area contributed by atoms with E-state index >= 15 is 0 Å². The van der Waals surface area contributed by atoms with Gasteiger partial charge in [-0.1, -0.05) is 18.2 Å². The summed E-state index contributed by atoms with van der Waals surface area (Å²) in [6.07, 6.45) is 0. The first-order chi connectivity index (χ1) is 20.0. The molecule has 42 heavy (non-hydrogen) atoms. The van der Waals surface area contributed by atoms with Crippen LogP contribution in [0.25, 0.3) is 0 Å². The summed E-state index contributed by atoms with van der Waals surface area (Å²) in [5.41, 5.74) is -0.785. The summed E-state index contributed by atoms with van der Waals surface area (Å²) in [6, 6.07) is 16.7. The number of hydrogen-bond acceptors (Lipinski definition) is 9. The summed E-state index contributed by atoms with van der Waals surface area (Å²) in [4.78, 5) is 28.7. The topological polar surface area (TPSA) is 138 Å². The maximum absolute atomic E-state index is 14.8. The average Bonchev–Trinajstić information content (AvgIpc) is 3.26. The molecule has 0 saturated heterocycles. The highest BCUT2D eigenvalue weighted by Crippen LogP contribution is 2.51. The van der Waals surface area contributed by atoms with Gasteiger partial charge in [0.15, 0.2) is 0 Å². The van der Waals surface area contributed by atoms with E-state index in [1.807, 2.05) is 0 Å². The molecule has 0 bridgehead atoms. The maximum Gasteiger partial charge on any atom is 0.274 e. The minimum Gasteiger partial charge on any atom is -0.497 e. The van der Waals surface area contributed by atoms with Gasteiger partial charge in [0.25, 0.3) is 15.9 Å². The molecule has 0 radical (unpaired) electrons. The lowest BCUT2D eigenvalue weighted by Crippen LogP contribution is -2.53. The smallest absolute Gasteiger partial charge is 0.274 e. The predicted molar refractivity (Wildman–Crippen MR) is 155 cm³/mol. The quantitative estimate of drug-likeness (QED) is 0.377. The molecule has 2 amide bonds. The van der Waals surface area contributed by atoms with Crippen LogP contribution in [0.4, 0.5) is 5.69 Å². The van der Waals surface area contributed by atoms with Crippen LogP contribution in [0.3, 0.4) is 0 Å². The van der Waals surface area contributed by atoms with E-state index in [0.29, 0.717) is 17.1 Å². The van der Waals surface area contributed by atoms with Gasteiger partial charge in [-0.2, -0.15) is 5.26 Å². The molecule has 1 aliphatic rings. The van der Waals surface area contributed by atoms with E-state index in [-0.39, 0.29) is 39.9 Å². The lowest BCUT2D eigenvalue weighted by atomic mass is 9.74. The number of hydrogen-bond donors (Lipinski definition) is 1. The number of nitrogens with one attached hydrogen (secondary N) is 1. The predicted octanol–water partition coefficient (Wildman–Crippen LogP) is 2.67. The van der Waals surface area contributed by atoms with E-state index in [9.17, 15) is 23.3 Å². The molecule has 11 nitrogen and oxygen atoms in total. The van der Waals surface area contributed by atoms with Crippen LogP contribution in [0.5, 0.6) is 17.2 Å². The van der Waals surface area contributed by atoms with Crippen molar-refractivity contribution in [3.05, 3.63) is 77.4 Å². The SMILES string of the molecule is COc1ccc(S(=O)(=O)N2C(=O)C(CN[C@@H](C)C(=O)N(C)C)(c3ccccc3OC)c3cc(C#N)ccc32)c(OC)c1. The molecule has 220 valence electrons. The number of methoxy groups -OCH3 is 3. The van der Waals surface area contributed by atoms with E-state index in [1.54, 1.807) is 45.3 Å². The lowest BCUT2D eigenvalue weighted by Gasteiger charge is -2.32. The van der Waals surface area contributed by atoms with E-state index in [0.717, 1.165) is 4.31 Å². The van der Waals surface area contributed by atoms with Crippen molar-refractivity contribution < 1.29 is 32.2 Å². The molecular formula is C30H32N4O7S. The average molecular weight is 593 g/mol. The first-order valence-electron chi connectivity index (χ1n) is 12.9. The molecule has 3 aromatic rings. The van der Waals surface area contributed by atoms with Crippen molar-refractivity contribution in [1.29, 1.82) is 5.26 Å². The fourth-order valence-electron chi connectivity index (χ4n) is 5.15. The normalized spacial score (nSPS) is 16.8. The maximum atomic E-state index is 14.8. The van der Waals surface area contributed by atoms with Gasteiger partial charge in [-0.25, -0.2) is 12.7 Å². The standard InChI is InChI=1S/C30H32N4O7S/c1-19(28(35)33(2)3)32-18-30(22-9-7-8-10-25(22)40-5)23-15-20(17-31)11-13-24(23)34(29(30)36)42(37,38)27-14-12-21(39-4)16-26(27)41-6/h7-16,19,32H,18H2,1-6H3/t19-,30?/m0/s1. The second-order valence-corrected chi connectivity index (χ2v) is 11.6. The number of rotatable bonds is 10. The van der Waals surface area contributed by atoms with E-state index in [4.69, 9.17) is 14.2 Å². The van der Waals surface area contributed by atoms with Crippen molar-refractivity contribution in [2.45, 2.75) is 23.3 Å². The number of nitriles is 1. The van der Waals surface area contributed by atoms with Gasteiger partial charge in [-0.3, -0.25) is 9.59 Å². The Morgan fingerprint density at radius 3 is 2.31 bits per heavy atom. The third-order valence-corrected chi connectivity index (χ3v) is 9.03. The molecule has 1 heterocycles. The Kier molecular flexibility index (Phi) is 8.47. The van der Waals surface area contributed by atoms with Crippen LogP contribution in [-0.4, -0.2) is 73.1 Å². The van der Waals surface area contributed by atoms with Crippen LogP contribution < -0.4 is 23.8 Å². The third-order valence-electron chi connectivity index (χ3n) is 7.29. The van der Waals surface area contributed by atoms with Crippen LogP contribution in [0.15, 0.2) is 65.6 Å². The Morgan fingerprint density at radius 1 is 1.00 bits per heavy atom. The molecule has 3 aromatic carbocycles. The van der Waals surface area contributed by atoms with E-state index in [1.165, 1.54) is 62.6 Å². The molecule has 0 aromatic heterocycles. The number of benzene rings is 3. The first kappa shape index (κ1) is 30.4. The Balaban J connectivity index is 2.02. The summed E-state index contributed by atoms with van der Waals surface area (Å²) < 4.78 is 45.7. The van der Waals surface area contributed by atoms with Gasteiger partial charge < -0.3 is 24.4 Å². The van der Waals surface area contributed by atoms with Crippen LogP contribution >= 0.6 is 0 Å². The highest BCUT2D eigenvalue weighted by atomic mass is 32.2. The molecule has 2 atom stereocenters. The van der Waals surface area contributed by atoms with Gasteiger partial charge in [0.05, 0.1) is 44.7 Å². The van der Waals surface area contributed by atoms with Crippen molar-refractivity contribution in [1.82, 2.24) is 10.2 Å². The van der Waals surface area contributed by atoms with Gasteiger partial charge >= 0.3 is 0 Å². The van der Waals surface area contributed by atoms with Crippen LogP contribution in [-0.2, 0) is 25.0 Å². The number of amides is 2. The lowest BCUT2D eigenvalue weighted by molar-refractivity contribution is -0.131. The second-order valence-electron chi connectivity index (χ2n) is 9.88. The summed E-state index contributed by atoms with van der Waals surface area (Å²) in [5, 5.41) is 12.9. The van der Waals surface area contributed by atoms with Gasteiger partial charge in [-0.05, 0) is 48.9 Å². The molecule has 4 rings (SSSR count). The molecule has 12 heteroatoms. The monoisotopic (exact) mass is 592 g/mol. The fraction of sp³-hybridized carbons (Fsp3) is 0.300. The molecule has 0 fully saturated rings. The van der Waals surface area contributed by atoms with Crippen LogP contribution in [0.1, 0.15) is 23.6 Å². The van der Waals surface area contributed by atoms with Crippen molar-refractivity contribution >= 4 is 27.5 Å². The van der Waals surface area contributed by atoms with Gasteiger partial charge in [-0.15, -0.1) is 0 Å². The zero-order valence-electron chi connectivity index (χ0n) is 24.2. The van der Waals surface area contributed by atoms with Gasteiger partial charge in [0, 0.05) is 32.3 Å². The summed E-state index contributed by atoms with van der Waals surface area (Å²) in [5.74, 6) is -0.380. The van der Waals surface area contributed by atoms with Gasteiger partial charge in [0.1, 0.15) is 27.6 Å². The first-order valence-corrected chi connectivity index (χ1v) is 14.4. The molecule has 1 unspecified atom stereocenters. The molecular weight excluding hydrogens is 560 g/mol. The summed E-state index contributed by atoms with van der Waals surface area (Å²) >= 11 is 0. The second kappa shape index (κ2) is 11.7. The van der Waals surface area contributed by atoms with Crippen molar-refractivity contribution in [3.8, 4) is 23.3 Å². The van der Waals surface area contributed by atoms with Crippen molar-refractivity contribution in [3.63, 3.8) is 0 Å². The number of para-hydroxylation sites is 1. The zero-order chi connectivity index (χ0) is 30.8. The Labute approximate surface area is 245 Å². The van der Waals surface area contributed by atoms with E-state index < -0.39 is 27.4 Å². The number of carbonyl (C=O) groups excluding carboxylic acids is 2. The van der Waals surface area contributed by atoms with Crippen LogP contribution in [0.2, 0.25) is 0 Å². The zero-order valence-corrected chi connectivity index (χ0v) is 25.0. The summed E-state index contributed by atoms with van der Waals surface area (Å²) in [7, 11) is 2.85. The molecule has 0 aliphatic carbocycles. The van der Waals surface area contributed by atoms with Crippen molar-refractivity contribution in [2.75, 3.05) is 46.3 Å². The Hall–Kier alpha value is -4.60. The van der Waals surface area contributed by atoms with Gasteiger partial charge in [0.2, 0.25) is 5.91 Å². The number of anilines is 1. The minimum absolute atomic E-state index is 0.0181. The number of ether oxygens (including phenoxy) is 3. The number of carbonyl (C=O) groups is 2. The fourth-order valence-corrected chi connectivity index (χ4v) is 6.78. The molecule has 1 aliphatic heterocycles. The minimum atomic E-state index is -4.58. The number of nitrogens with zero attached hydrogens (tertiary/aromatic N) is 3. The highest BCUT2D eigenvalue weighted by Gasteiger charge is 2.57. The Morgan fingerprint density at radius 2 is 1.69 bits per heavy atom. The molecule has 0 saturated carbocycles. The van der Waals surface area contributed by atoms with E-state index in [2.05, 4.69) is 11.4 Å². The van der Waals surface area contributed by atoms with Crippen molar-refractivity contribution in [2.24, 2.45) is 0 Å². The number of sulfonamides is 1. The third kappa shape index (κ3) is 4.91. The molecule has 1 N–H and O–H groups in total. The Bertz CT molecular complexity index is 1680. The largest absolute Gasteiger partial charge is 0.497 e. The molecule has 0 spiro atoms. The number of likely N-dealkylation sites (N-methyl/N-ethyl adjacent to an activating group) is 1.